The number of hydrogen-bond donors (Lipinski definition) is 1. The zero-order valence-electron chi connectivity index (χ0n) is 18.6. The molecular weight excluding hydrogens is 386 g/mol. The summed E-state index contributed by atoms with van der Waals surface area (Å²) in [7, 11) is 0. The van der Waals surface area contributed by atoms with E-state index in [1.165, 1.54) is 11.1 Å². The lowest BCUT2D eigenvalue weighted by molar-refractivity contribution is -0.128. The smallest absolute Gasteiger partial charge is 0.224 e. The third kappa shape index (κ3) is 6.63. The number of likely N-dealkylation sites (tertiary alicyclic amines) is 1. The zero-order valence-corrected chi connectivity index (χ0v) is 18.6. The Morgan fingerprint density at radius 3 is 2.45 bits per heavy atom. The van der Waals surface area contributed by atoms with Gasteiger partial charge in [0.2, 0.25) is 5.91 Å². The van der Waals surface area contributed by atoms with Crippen LogP contribution in [-0.2, 0) is 22.6 Å². The molecule has 0 spiro atoms. The Labute approximate surface area is 186 Å². The van der Waals surface area contributed by atoms with Gasteiger partial charge < -0.3 is 10.1 Å². The van der Waals surface area contributed by atoms with E-state index in [2.05, 4.69) is 76.6 Å². The van der Waals surface area contributed by atoms with E-state index in [1.54, 1.807) is 0 Å². The molecular formula is C26H35N3O2. The first-order valence-electron chi connectivity index (χ1n) is 11.6. The van der Waals surface area contributed by atoms with E-state index >= 15 is 0 Å². The van der Waals surface area contributed by atoms with Crippen LogP contribution < -0.4 is 5.32 Å². The number of aryl methyl sites for hydroxylation is 1. The minimum Gasteiger partial charge on any atom is -0.379 e. The van der Waals surface area contributed by atoms with E-state index in [9.17, 15) is 4.79 Å². The fraction of sp³-hybridized carbons (Fsp3) is 0.500. The predicted molar refractivity (Wildman–Crippen MR) is 124 cm³/mol. The molecule has 2 atom stereocenters. The van der Waals surface area contributed by atoms with Crippen LogP contribution in [0.3, 0.4) is 0 Å². The molecule has 5 nitrogen and oxygen atoms in total. The van der Waals surface area contributed by atoms with Gasteiger partial charge in [-0.2, -0.15) is 0 Å². The predicted octanol–water partition coefficient (Wildman–Crippen LogP) is 3.08. The molecule has 2 aromatic rings. The van der Waals surface area contributed by atoms with Crippen molar-refractivity contribution in [2.75, 3.05) is 45.9 Å². The van der Waals surface area contributed by atoms with E-state index in [0.717, 1.165) is 64.5 Å². The summed E-state index contributed by atoms with van der Waals surface area (Å²) in [5.41, 5.74) is 3.71. The largest absolute Gasteiger partial charge is 0.379 e. The molecule has 0 radical (unpaired) electrons. The third-order valence-corrected chi connectivity index (χ3v) is 6.44. The monoisotopic (exact) mass is 421 g/mol. The molecule has 1 N–H and O–H groups in total. The number of rotatable bonds is 7. The summed E-state index contributed by atoms with van der Waals surface area (Å²) in [6, 6.07) is 19.0. The molecule has 31 heavy (non-hydrogen) atoms. The Balaban J connectivity index is 1.38. The van der Waals surface area contributed by atoms with Crippen LogP contribution in [0.1, 0.15) is 23.1 Å². The minimum atomic E-state index is 0.0361. The fourth-order valence-electron chi connectivity index (χ4n) is 4.78. The van der Waals surface area contributed by atoms with Gasteiger partial charge in [-0.25, -0.2) is 0 Å². The Bertz CT molecular complexity index is 818. The number of hydrogen-bond acceptors (Lipinski definition) is 4. The summed E-state index contributed by atoms with van der Waals surface area (Å²) in [6.45, 7) is 10.2. The van der Waals surface area contributed by atoms with Gasteiger partial charge in [-0.05, 0) is 30.4 Å². The van der Waals surface area contributed by atoms with Gasteiger partial charge in [0.15, 0.2) is 0 Å². The Morgan fingerprint density at radius 1 is 0.968 bits per heavy atom. The van der Waals surface area contributed by atoms with Crippen molar-refractivity contribution in [2.24, 2.45) is 11.8 Å². The van der Waals surface area contributed by atoms with E-state index in [4.69, 9.17) is 4.74 Å². The topological polar surface area (TPSA) is 44.8 Å². The maximum Gasteiger partial charge on any atom is 0.224 e. The van der Waals surface area contributed by atoms with Gasteiger partial charge in [0.25, 0.3) is 0 Å². The van der Waals surface area contributed by atoms with Crippen molar-refractivity contribution >= 4 is 5.91 Å². The summed E-state index contributed by atoms with van der Waals surface area (Å²) in [5.74, 6) is 0.727. The number of benzene rings is 2. The molecule has 2 aromatic carbocycles. The second-order valence-corrected chi connectivity index (χ2v) is 9.09. The lowest BCUT2D eigenvalue weighted by Gasteiger charge is -2.40. The van der Waals surface area contributed by atoms with Crippen LogP contribution in [0.5, 0.6) is 0 Å². The van der Waals surface area contributed by atoms with Crippen molar-refractivity contribution in [3.8, 4) is 0 Å². The maximum atomic E-state index is 13.1. The Hall–Kier alpha value is -2.21. The van der Waals surface area contributed by atoms with Gasteiger partial charge in [0.1, 0.15) is 0 Å². The van der Waals surface area contributed by atoms with Crippen LogP contribution in [-0.4, -0.2) is 61.6 Å². The highest BCUT2D eigenvalue weighted by Crippen LogP contribution is 2.25. The summed E-state index contributed by atoms with van der Waals surface area (Å²) in [5, 5.41) is 3.20. The molecule has 2 heterocycles. The Kier molecular flexibility index (Phi) is 7.73. The molecule has 2 aliphatic rings. The quantitative estimate of drug-likeness (QED) is 0.746. The lowest BCUT2D eigenvalue weighted by atomic mass is 9.87. The van der Waals surface area contributed by atoms with Crippen molar-refractivity contribution in [3.63, 3.8) is 0 Å². The van der Waals surface area contributed by atoms with E-state index in [0.29, 0.717) is 12.5 Å². The summed E-state index contributed by atoms with van der Waals surface area (Å²) in [6.07, 6.45) is 0.961. The van der Waals surface area contributed by atoms with Gasteiger partial charge in [-0.15, -0.1) is 0 Å². The second-order valence-electron chi connectivity index (χ2n) is 9.09. The van der Waals surface area contributed by atoms with Crippen molar-refractivity contribution in [3.05, 3.63) is 71.3 Å². The number of carbonyl (C=O) groups is 1. The van der Waals surface area contributed by atoms with Gasteiger partial charge >= 0.3 is 0 Å². The minimum absolute atomic E-state index is 0.0361. The summed E-state index contributed by atoms with van der Waals surface area (Å²) >= 11 is 0. The van der Waals surface area contributed by atoms with Crippen LogP contribution in [0.15, 0.2) is 54.6 Å². The van der Waals surface area contributed by atoms with E-state index in [-0.39, 0.29) is 11.8 Å². The molecule has 2 fully saturated rings. The average molecular weight is 422 g/mol. The third-order valence-electron chi connectivity index (χ3n) is 6.44. The number of nitrogens with zero attached hydrogens (tertiary/aromatic N) is 2. The lowest BCUT2D eigenvalue weighted by Crippen LogP contribution is -2.49. The molecule has 0 aromatic heterocycles. The molecule has 166 valence electrons. The van der Waals surface area contributed by atoms with Gasteiger partial charge in [0, 0.05) is 45.8 Å². The standard InChI is InChI=1S/C26H35N3O2/c1-21-7-9-22(10-8-21)16-27-26(30)25-15-24(18-28-11-13-31-14-12-28)19-29(20-25)17-23-5-3-2-4-6-23/h2-10,24-25H,11-20H2,1H3,(H,27,30)/t24-,25-/m1/s1. The molecule has 0 aliphatic carbocycles. The number of nitrogens with one attached hydrogen (secondary N) is 1. The highest BCUT2D eigenvalue weighted by atomic mass is 16.5. The van der Waals surface area contributed by atoms with E-state index in [1.807, 2.05) is 0 Å². The van der Waals surface area contributed by atoms with E-state index < -0.39 is 0 Å². The number of carbonyl (C=O) groups excluding carboxylic acids is 1. The van der Waals surface area contributed by atoms with Gasteiger partial charge in [0.05, 0.1) is 19.1 Å². The molecule has 2 aliphatic heterocycles. The Morgan fingerprint density at radius 2 is 1.71 bits per heavy atom. The normalized spacial score (nSPS) is 22.9. The second kappa shape index (κ2) is 10.9. The van der Waals surface area contributed by atoms with Crippen molar-refractivity contribution < 1.29 is 9.53 Å². The number of piperidine rings is 1. The molecule has 0 bridgehead atoms. The van der Waals surface area contributed by atoms with Crippen molar-refractivity contribution in [1.82, 2.24) is 15.1 Å². The first kappa shape index (κ1) is 22.0. The highest BCUT2D eigenvalue weighted by molar-refractivity contribution is 5.79. The van der Waals surface area contributed by atoms with Crippen molar-refractivity contribution in [2.45, 2.75) is 26.4 Å². The fourth-order valence-corrected chi connectivity index (χ4v) is 4.78. The van der Waals surface area contributed by atoms with Gasteiger partial charge in [-0.3, -0.25) is 14.6 Å². The highest BCUT2D eigenvalue weighted by Gasteiger charge is 2.32. The van der Waals surface area contributed by atoms with Crippen LogP contribution in [0.2, 0.25) is 0 Å². The zero-order chi connectivity index (χ0) is 21.5. The first-order valence-corrected chi connectivity index (χ1v) is 11.6. The molecule has 0 saturated carbocycles. The van der Waals surface area contributed by atoms with Crippen LogP contribution in [0, 0.1) is 18.8 Å². The number of morpholine rings is 1. The van der Waals surface area contributed by atoms with Gasteiger partial charge in [-0.1, -0.05) is 60.2 Å². The first-order chi connectivity index (χ1) is 15.2. The number of amides is 1. The van der Waals surface area contributed by atoms with Crippen LogP contribution in [0.25, 0.3) is 0 Å². The molecule has 4 rings (SSSR count). The average Bonchev–Trinajstić information content (AvgIpc) is 2.80. The molecule has 2 saturated heterocycles. The van der Waals surface area contributed by atoms with Crippen LogP contribution in [0.4, 0.5) is 0 Å². The number of ether oxygens (including phenoxy) is 1. The molecule has 0 unspecified atom stereocenters. The molecule has 1 amide bonds. The molecule has 5 heteroatoms. The maximum absolute atomic E-state index is 13.1. The summed E-state index contributed by atoms with van der Waals surface area (Å²) in [4.78, 5) is 18.1. The summed E-state index contributed by atoms with van der Waals surface area (Å²) < 4.78 is 5.51. The van der Waals surface area contributed by atoms with Crippen LogP contribution >= 0.6 is 0 Å². The SMILES string of the molecule is Cc1ccc(CNC(=O)[C@@H]2C[C@H](CN3CCOCC3)CN(Cc3ccccc3)C2)cc1. The van der Waals surface area contributed by atoms with Crippen molar-refractivity contribution in [1.29, 1.82) is 0 Å².